The fraction of sp³-hybridized carbons (Fsp3) is 0.211. The van der Waals surface area contributed by atoms with Crippen LogP contribution in [0.4, 0.5) is 5.69 Å². The van der Waals surface area contributed by atoms with Crippen molar-refractivity contribution in [3.63, 3.8) is 0 Å². The molecule has 136 valence electrons. The first-order valence-electron chi connectivity index (χ1n) is 8.05. The molecular weight excluding hydrogens is 400 g/mol. The Morgan fingerprint density at radius 3 is 2.35 bits per heavy atom. The monoisotopic (exact) mass is 418 g/mol. The van der Waals surface area contributed by atoms with E-state index in [1.54, 1.807) is 18.2 Å². The van der Waals surface area contributed by atoms with E-state index in [0.717, 1.165) is 10.0 Å². The number of amides is 2. The standard InChI is InChI=1S/C19H19BrN2O4/c20-15-8-4-5-9-16(15)22-18(24)13-26-19(25)10-11-21-17(23)12-14-6-2-1-3-7-14/h1-9H,10-13H2,(H,21,23)(H,22,24). The largest absolute Gasteiger partial charge is 0.456 e. The normalized spacial score (nSPS) is 10.0. The van der Waals surface area contributed by atoms with E-state index < -0.39 is 11.9 Å². The van der Waals surface area contributed by atoms with E-state index >= 15 is 0 Å². The van der Waals surface area contributed by atoms with Crippen molar-refractivity contribution < 1.29 is 19.1 Å². The molecule has 0 aliphatic heterocycles. The predicted molar refractivity (Wildman–Crippen MR) is 102 cm³/mol. The van der Waals surface area contributed by atoms with Gasteiger partial charge in [0.25, 0.3) is 5.91 Å². The Morgan fingerprint density at radius 2 is 1.62 bits per heavy atom. The van der Waals surface area contributed by atoms with Crippen LogP contribution >= 0.6 is 15.9 Å². The van der Waals surface area contributed by atoms with Crippen molar-refractivity contribution in [2.24, 2.45) is 0 Å². The van der Waals surface area contributed by atoms with Crippen molar-refractivity contribution in [2.45, 2.75) is 12.8 Å². The third-order valence-corrected chi connectivity index (χ3v) is 4.06. The summed E-state index contributed by atoms with van der Waals surface area (Å²) in [6.07, 6.45) is 0.257. The van der Waals surface area contributed by atoms with Gasteiger partial charge in [0.1, 0.15) is 0 Å². The molecule has 2 aromatic carbocycles. The summed E-state index contributed by atoms with van der Waals surface area (Å²) in [5.41, 5.74) is 1.50. The van der Waals surface area contributed by atoms with Crippen LogP contribution in [-0.4, -0.2) is 30.9 Å². The van der Waals surface area contributed by atoms with E-state index in [2.05, 4.69) is 26.6 Å². The van der Waals surface area contributed by atoms with Gasteiger partial charge >= 0.3 is 5.97 Å². The lowest BCUT2D eigenvalue weighted by Crippen LogP contribution is -2.28. The first-order chi connectivity index (χ1) is 12.5. The molecule has 2 N–H and O–H groups in total. The van der Waals surface area contributed by atoms with E-state index in [0.29, 0.717) is 5.69 Å². The molecule has 0 saturated heterocycles. The molecule has 0 radical (unpaired) electrons. The summed E-state index contributed by atoms with van der Waals surface area (Å²) in [7, 11) is 0. The van der Waals surface area contributed by atoms with Crippen LogP contribution in [0.15, 0.2) is 59.1 Å². The maximum Gasteiger partial charge on any atom is 0.308 e. The highest BCUT2D eigenvalue weighted by atomic mass is 79.9. The first-order valence-corrected chi connectivity index (χ1v) is 8.84. The number of ether oxygens (including phenoxy) is 1. The highest BCUT2D eigenvalue weighted by Gasteiger charge is 2.10. The Hall–Kier alpha value is -2.67. The summed E-state index contributed by atoms with van der Waals surface area (Å²) in [5, 5.41) is 5.28. The molecule has 7 heteroatoms. The Kier molecular flexibility index (Phi) is 7.82. The molecule has 0 saturated carbocycles. The van der Waals surface area contributed by atoms with Gasteiger partial charge < -0.3 is 15.4 Å². The molecule has 2 aromatic rings. The SMILES string of the molecule is O=C(Cc1ccccc1)NCCC(=O)OCC(=O)Nc1ccccc1Br. The van der Waals surface area contributed by atoms with Crippen LogP contribution in [0.5, 0.6) is 0 Å². The molecule has 26 heavy (non-hydrogen) atoms. The predicted octanol–water partition coefficient (Wildman–Crippen LogP) is 2.68. The van der Waals surface area contributed by atoms with Gasteiger partial charge in [0, 0.05) is 11.0 Å². The lowest BCUT2D eigenvalue weighted by Gasteiger charge is -2.08. The van der Waals surface area contributed by atoms with E-state index in [1.165, 1.54) is 0 Å². The van der Waals surface area contributed by atoms with Crippen LogP contribution in [-0.2, 0) is 25.5 Å². The molecule has 0 fully saturated rings. The van der Waals surface area contributed by atoms with Crippen molar-refractivity contribution in [3.8, 4) is 0 Å². The lowest BCUT2D eigenvalue weighted by atomic mass is 10.1. The summed E-state index contributed by atoms with van der Waals surface area (Å²) in [4.78, 5) is 35.2. The van der Waals surface area contributed by atoms with Crippen molar-refractivity contribution in [1.82, 2.24) is 5.32 Å². The average molecular weight is 419 g/mol. The molecule has 0 unspecified atom stereocenters. The van der Waals surface area contributed by atoms with E-state index in [9.17, 15) is 14.4 Å². The topological polar surface area (TPSA) is 84.5 Å². The van der Waals surface area contributed by atoms with Crippen LogP contribution in [0, 0.1) is 0 Å². The van der Waals surface area contributed by atoms with Gasteiger partial charge in [-0.3, -0.25) is 14.4 Å². The minimum absolute atomic E-state index is 0.00282. The molecule has 0 bridgehead atoms. The Balaban J connectivity index is 1.62. The van der Waals surface area contributed by atoms with Crippen molar-refractivity contribution in [1.29, 1.82) is 0 Å². The summed E-state index contributed by atoms with van der Waals surface area (Å²) >= 11 is 3.31. The highest BCUT2D eigenvalue weighted by Crippen LogP contribution is 2.20. The number of hydrogen-bond acceptors (Lipinski definition) is 4. The van der Waals surface area contributed by atoms with Crippen molar-refractivity contribution in [2.75, 3.05) is 18.5 Å². The second kappa shape index (κ2) is 10.4. The Morgan fingerprint density at radius 1 is 0.923 bits per heavy atom. The van der Waals surface area contributed by atoms with Gasteiger partial charge in [-0.2, -0.15) is 0 Å². The van der Waals surface area contributed by atoms with Crippen LogP contribution in [0.25, 0.3) is 0 Å². The van der Waals surface area contributed by atoms with Gasteiger partial charge in [-0.05, 0) is 33.6 Å². The minimum atomic E-state index is -0.549. The fourth-order valence-electron chi connectivity index (χ4n) is 2.11. The smallest absolute Gasteiger partial charge is 0.308 e. The molecule has 0 aromatic heterocycles. The van der Waals surface area contributed by atoms with E-state index in [4.69, 9.17) is 4.74 Å². The summed E-state index contributed by atoms with van der Waals surface area (Å²) in [6.45, 7) is -0.214. The first kappa shape index (κ1) is 19.7. The maximum absolute atomic E-state index is 11.8. The number of carbonyl (C=O) groups excluding carboxylic acids is 3. The summed E-state index contributed by atoms with van der Waals surface area (Å²) in [6, 6.07) is 16.4. The molecule has 2 rings (SSSR count). The second-order valence-corrected chi connectivity index (χ2v) is 6.31. The summed E-state index contributed by atoms with van der Waals surface area (Å²) < 4.78 is 5.64. The molecule has 0 spiro atoms. The minimum Gasteiger partial charge on any atom is -0.456 e. The van der Waals surface area contributed by atoms with Crippen LogP contribution < -0.4 is 10.6 Å². The van der Waals surface area contributed by atoms with E-state index in [-0.39, 0.29) is 31.9 Å². The zero-order valence-corrected chi connectivity index (χ0v) is 15.6. The van der Waals surface area contributed by atoms with Crippen LogP contribution in [0.3, 0.4) is 0 Å². The highest BCUT2D eigenvalue weighted by molar-refractivity contribution is 9.10. The molecule has 0 aliphatic rings. The summed E-state index contributed by atoms with van der Waals surface area (Å²) in [5.74, 6) is -1.15. The number of rotatable bonds is 8. The molecular formula is C19H19BrN2O4. The molecule has 0 atom stereocenters. The third kappa shape index (κ3) is 7.06. The number of para-hydroxylation sites is 1. The zero-order valence-electron chi connectivity index (χ0n) is 14.0. The van der Waals surface area contributed by atoms with Crippen LogP contribution in [0.1, 0.15) is 12.0 Å². The fourth-order valence-corrected chi connectivity index (χ4v) is 2.50. The maximum atomic E-state index is 11.8. The molecule has 6 nitrogen and oxygen atoms in total. The van der Waals surface area contributed by atoms with E-state index in [1.807, 2.05) is 36.4 Å². The Bertz CT molecular complexity index is 765. The number of nitrogens with one attached hydrogen (secondary N) is 2. The molecule has 0 aliphatic carbocycles. The van der Waals surface area contributed by atoms with Gasteiger partial charge in [0.05, 0.1) is 18.5 Å². The van der Waals surface area contributed by atoms with Gasteiger partial charge in [-0.25, -0.2) is 0 Å². The number of anilines is 1. The van der Waals surface area contributed by atoms with Gasteiger partial charge in [0.15, 0.2) is 6.61 Å². The second-order valence-electron chi connectivity index (χ2n) is 5.45. The van der Waals surface area contributed by atoms with Gasteiger partial charge in [0.2, 0.25) is 5.91 Å². The van der Waals surface area contributed by atoms with Gasteiger partial charge in [-0.15, -0.1) is 0 Å². The lowest BCUT2D eigenvalue weighted by molar-refractivity contribution is -0.147. The third-order valence-electron chi connectivity index (χ3n) is 3.37. The average Bonchev–Trinajstić information content (AvgIpc) is 2.63. The molecule has 2 amide bonds. The quantitative estimate of drug-likeness (QED) is 0.645. The number of carbonyl (C=O) groups is 3. The number of halogens is 1. The number of benzene rings is 2. The Labute approximate surface area is 160 Å². The number of hydrogen-bond donors (Lipinski definition) is 2. The van der Waals surface area contributed by atoms with Crippen molar-refractivity contribution in [3.05, 3.63) is 64.6 Å². The van der Waals surface area contributed by atoms with Crippen LogP contribution in [0.2, 0.25) is 0 Å². The molecule has 0 heterocycles. The van der Waals surface area contributed by atoms with Gasteiger partial charge in [-0.1, -0.05) is 42.5 Å². The zero-order chi connectivity index (χ0) is 18.8. The number of esters is 1. The van der Waals surface area contributed by atoms with Crippen molar-refractivity contribution >= 4 is 39.4 Å².